The molecule has 2 N–H and O–H groups in total. The van der Waals surface area contributed by atoms with Crippen LogP contribution in [-0.2, 0) is 14.8 Å². The minimum Gasteiger partial charge on any atom is -0.488 e. The van der Waals surface area contributed by atoms with Gasteiger partial charge in [-0.25, -0.2) is 8.42 Å². The van der Waals surface area contributed by atoms with Gasteiger partial charge in [-0.1, -0.05) is 24.3 Å². The van der Waals surface area contributed by atoms with Crippen molar-refractivity contribution in [1.29, 1.82) is 0 Å². The summed E-state index contributed by atoms with van der Waals surface area (Å²) in [5.41, 5.74) is 2.08. The van der Waals surface area contributed by atoms with Crippen molar-refractivity contribution in [2.24, 2.45) is 0 Å². The number of carboxylic acid groups (broad SMARTS) is 1. The number of sulfonamides is 1. The molecule has 0 fully saturated rings. The van der Waals surface area contributed by atoms with Crippen molar-refractivity contribution in [1.82, 2.24) is 4.72 Å². The Bertz CT molecular complexity index is 1070. The molecule has 0 saturated heterocycles. The van der Waals surface area contributed by atoms with Crippen LogP contribution in [0.2, 0.25) is 0 Å². The van der Waals surface area contributed by atoms with Gasteiger partial charge in [-0.2, -0.15) is 4.72 Å². The first-order valence-electron chi connectivity index (χ1n) is 8.31. The first kappa shape index (κ1) is 19.5. The minimum absolute atomic E-state index is 0.116. The maximum atomic E-state index is 12.3. The predicted octanol–water partition coefficient (Wildman–Crippen LogP) is 2.26. The molecule has 144 valence electrons. The number of hydrogen-bond acceptors (Lipinski definition) is 5. The summed E-state index contributed by atoms with van der Waals surface area (Å²) < 4.78 is 31.5. The number of ether oxygens (including phenoxy) is 1. The van der Waals surface area contributed by atoms with E-state index in [0.717, 1.165) is 16.9 Å². The van der Waals surface area contributed by atoms with Gasteiger partial charge in [0.1, 0.15) is 18.9 Å². The number of para-hydroxylation sites is 1. The summed E-state index contributed by atoms with van der Waals surface area (Å²) in [6.45, 7) is -0.362. The van der Waals surface area contributed by atoms with Crippen LogP contribution < -0.4 is 9.46 Å². The van der Waals surface area contributed by atoms with E-state index >= 15 is 0 Å². The van der Waals surface area contributed by atoms with Crippen LogP contribution in [0.5, 0.6) is 5.75 Å². The average Bonchev–Trinajstić information content (AvgIpc) is 2.70. The summed E-state index contributed by atoms with van der Waals surface area (Å²) >= 11 is 0. The predicted molar refractivity (Wildman–Crippen MR) is 103 cm³/mol. The summed E-state index contributed by atoms with van der Waals surface area (Å²) in [6, 6.07) is 12.8. The number of allylic oxidation sites excluding steroid dienone is 1. The van der Waals surface area contributed by atoms with Gasteiger partial charge in [0.15, 0.2) is 5.78 Å². The molecule has 28 heavy (non-hydrogen) atoms. The Morgan fingerprint density at radius 1 is 1.11 bits per heavy atom. The molecule has 0 bridgehead atoms. The number of carbonyl (C=O) groups excluding carboxylic acids is 1. The van der Waals surface area contributed by atoms with Gasteiger partial charge in [-0.05, 0) is 48.1 Å². The molecular weight excluding hydrogens is 382 g/mol. The highest BCUT2D eigenvalue weighted by atomic mass is 32.2. The number of hydrogen-bond donors (Lipinski definition) is 2. The van der Waals surface area contributed by atoms with Crippen molar-refractivity contribution in [3.63, 3.8) is 0 Å². The molecular formula is C20H17NO6S. The third-order valence-corrected chi connectivity index (χ3v) is 5.38. The standard InChI is InChI=1S/C20H17NO6S/c22-18(10-5-14-11-16-3-1-2-4-19(16)27-13-14)15-6-8-17(9-7-15)28(25,26)21-12-20(23)24/h1-11,21H,12-13H2,(H,23,24)/b10-5+. The Morgan fingerprint density at radius 2 is 1.82 bits per heavy atom. The van der Waals surface area contributed by atoms with Gasteiger partial charge in [0.2, 0.25) is 10.0 Å². The fourth-order valence-electron chi connectivity index (χ4n) is 2.55. The molecule has 0 amide bonds. The Labute approximate surface area is 162 Å². The summed E-state index contributed by atoms with van der Waals surface area (Å²) in [5, 5.41) is 8.57. The minimum atomic E-state index is -3.94. The van der Waals surface area contributed by atoms with E-state index < -0.39 is 22.5 Å². The van der Waals surface area contributed by atoms with Gasteiger partial charge in [0.25, 0.3) is 0 Å². The lowest BCUT2D eigenvalue weighted by Gasteiger charge is -2.15. The third kappa shape index (κ3) is 4.73. The van der Waals surface area contributed by atoms with Crippen molar-refractivity contribution in [2.75, 3.05) is 13.2 Å². The lowest BCUT2D eigenvalue weighted by Crippen LogP contribution is -2.29. The van der Waals surface area contributed by atoms with Crippen molar-refractivity contribution < 1.29 is 27.9 Å². The average molecular weight is 399 g/mol. The molecule has 0 saturated carbocycles. The molecule has 1 aliphatic rings. The molecule has 8 heteroatoms. The van der Waals surface area contributed by atoms with Crippen LogP contribution in [-0.4, -0.2) is 38.4 Å². The van der Waals surface area contributed by atoms with E-state index in [1.165, 1.54) is 30.3 Å². The molecule has 0 radical (unpaired) electrons. The largest absolute Gasteiger partial charge is 0.488 e. The quantitative estimate of drug-likeness (QED) is 0.546. The number of benzene rings is 2. The first-order valence-corrected chi connectivity index (χ1v) is 9.80. The molecule has 7 nitrogen and oxygen atoms in total. The van der Waals surface area contributed by atoms with E-state index in [1.807, 2.05) is 35.1 Å². The number of rotatable bonds is 7. The number of fused-ring (bicyclic) bond motifs is 1. The molecule has 2 aromatic carbocycles. The van der Waals surface area contributed by atoms with Gasteiger partial charge in [0.05, 0.1) is 4.90 Å². The zero-order valence-electron chi connectivity index (χ0n) is 14.7. The molecule has 0 aromatic heterocycles. The van der Waals surface area contributed by atoms with Gasteiger partial charge >= 0.3 is 5.97 Å². The van der Waals surface area contributed by atoms with E-state index in [9.17, 15) is 18.0 Å². The van der Waals surface area contributed by atoms with E-state index in [1.54, 1.807) is 6.08 Å². The maximum absolute atomic E-state index is 12.3. The zero-order valence-corrected chi connectivity index (χ0v) is 15.5. The first-order chi connectivity index (χ1) is 13.3. The number of ketones is 1. The van der Waals surface area contributed by atoms with Crippen molar-refractivity contribution >= 4 is 27.9 Å². The molecule has 2 aromatic rings. The van der Waals surface area contributed by atoms with Crippen LogP contribution in [0.3, 0.4) is 0 Å². The van der Waals surface area contributed by atoms with E-state index in [0.29, 0.717) is 12.2 Å². The maximum Gasteiger partial charge on any atom is 0.318 e. The number of carboxylic acids is 1. The fraction of sp³-hybridized carbons (Fsp3) is 0.100. The van der Waals surface area contributed by atoms with Crippen LogP contribution in [0.1, 0.15) is 15.9 Å². The summed E-state index contributed by atoms with van der Waals surface area (Å²) in [7, 11) is -3.94. The fourth-order valence-corrected chi connectivity index (χ4v) is 3.52. The number of nitrogens with one attached hydrogen (secondary N) is 1. The SMILES string of the molecule is O=C(O)CNS(=O)(=O)c1ccc(C(=O)/C=C/C2=Cc3ccccc3OC2)cc1. The molecule has 0 atom stereocenters. The zero-order chi connectivity index (χ0) is 20.1. The number of carbonyl (C=O) groups is 2. The molecule has 0 aliphatic carbocycles. The van der Waals surface area contributed by atoms with Crippen LogP contribution in [0.4, 0.5) is 0 Å². The lowest BCUT2D eigenvalue weighted by atomic mass is 10.1. The molecule has 3 rings (SSSR count). The molecule has 1 aliphatic heterocycles. The highest BCUT2D eigenvalue weighted by Gasteiger charge is 2.16. The second-order valence-corrected chi connectivity index (χ2v) is 7.75. The van der Waals surface area contributed by atoms with E-state index in [4.69, 9.17) is 9.84 Å². The van der Waals surface area contributed by atoms with Crippen LogP contribution in [0.15, 0.2) is 71.2 Å². The number of aliphatic carboxylic acids is 1. The highest BCUT2D eigenvalue weighted by Crippen LogP contribution is 2.26. The normalized spacial score (nSPS) is 13.5. The van der Waals surface area contributed by atoms with Gasteiger partial charge < -0.3 is 9.84 Å². The lowest BCUT2D eigenvalue weighted by molar-refractivity contribution is -0.135. The van der Waals surface area contributed by atoms with Crippen molar-refractivity contribution in [2.45, 2.75) is 4.90 Å². The van der Waals surface area contributed by atoms with Crippen LogP contribution in [0.25, 0.3) is 6.08 Å². The summed E-state index contributed by atoms with van der Waals surface area (Å²) in [6.07, 6.45) is 5.00. The summed E-state index contributed by atoms with van der Waals surface area (Å²) in [5.74, 6) is -0.786. The van der Waals surface area contributed by atoms with Crippen molar-refractivity contribution in [3.05, 3.63) is 77.4 Å². The third-order valence-electron chi connectivity index (χ3n) is 3.97. The second kappa shape index (κ2) is 8.20. The molecule has 0 spiro atoms. The van der Waals surface area contributed by atoms with Gasteiger partial charge in [-0.3, -0.25) is 9.59 Å². The Balaban J connectivity index is 1.69. The van der Waals surface area contributed by atoms with E-state index in [2.05, 4.69) is 0 Å². The summed E-state index contributed by atoms with van der Waals surface area (Å²) in [4.78, 5) is 22.7. The molecule has 1 heterocycles. The van der Waals surface area contributed by atoms with Gasteiger partial charge in [0, 0.05) is 11.1 Å². The second-order valence-electron chi connectivity index (χ2n) is 5.99. The van der Waals surface area contributed by atoms with Crippen molar-refractivity contribution in [3.8, 4) is 5.75 Å². The monoisotopic (exact) mass is 399 g/mol. The smallest absolute Gasteiger partial charge is 0.318 e. The highest BCUT2D eigenvalue weighted by molar-refractivity contribution is 7.89. The van der Waals surface area contributed by atoms with Gasteiger partial charge in [-0.15, -0.1) is 0 Å². The topological polar surface area (TPSA) is 110 Å². The Morgan fingerprint density at radius 3 is 2.54 bits per heavy atom. The Hall–Kier alpha value is -3.23. The molecule has 0 unspecified atom stereocenters. The van der Waals surface area contributed by atoms with Crippen LogP contribution >= 0.6 is 0 Å². The van der Waals surface area contributed by atoms with E-state index in [-0.39, 0.29) is 10.7 Å². The van der Waals surface area contributed by atoms with Crippen LogP contribution in [0, 0.1) is 0 Å². The Kier molecular flexibility index (Phi) is 5.72.